The van der Waals surface area contributed by atoms with Gasteiger partial charge in [-0.1, -0.05) is 32.8 Å². The van der Waals surface area contributed by atoms with Crippen molar-refractivity contribution in [3.05, 3.63) is 29.3 Å². The fraction of sp³-hybridized carbons (Fsp3) is 0.667. The maximum absolute atomic E-state index is 11.0. The molecule has 1 saturated carbocycles. The summed E-state index contributed by atoms with van der Waals surface area (Å²) in [7, 11) is 0. The lowest BCUT2D eigenvalue weighted by Crippen LogP contribution is -2.27. The van der Waals surface area contributed by atoms with Gasteiger partial charge in [-0.3, -0.25) is 0 Å². The van der Waals surface area contributed by atoms with Gasteiger partial charge >= 0.3 is 0 Å². The standard InChI is InChI=1S/C18H26O2/c1-13(2)12-18(8-3-4-9-18)17(19)15-5-6-16-14(11-15)7-10-20-16/h5-6,11,13,17,19H,3-4,7-10,12H2,1-2H3. The highest BCUT2D eigenvalue weighted by Crippen LogP contribution is 2.52. The van der Waals surface area contributed by atoms with Gasteiger partial charge in [-0.05, 0) is 48.4 Å². The molecule has 0 aromatic heterocycles. The number of aliphatic hydroxyl groups is 1. The van der Waals surface area contributed by atoms with Crippen molar-refractivity contribution in [1.29, 1.82) is 0 Å². The molecule has 0 saturated heterocycles. The Kier molecular flexibility index (Phi) is 3.76. The molecular formula is C18H26O2. The Bertz CT molecular complexity index is 472. The fourth-order valence-electron chi connectivity index (χ4n) is 4.21. The van der Waals surface area contributed by atoms with Crippen molar-refractivity contribution in [2.45, 2.75) is 58.5 Å². The van der Waals surface area contributed by atoms with Crippen LogP contribution in [-0.4, -0.2) is 11.7 Å². The van der Waals surface area contributed by atoms with Gasteiger partial charge in [-0.2, -0.15) is 0 Å². The monoisotopic (exact) mass is 274 g/mol. The Labute approximate surface area is 122 Å². The first-order valence-corrected chi connectivity index (χ1v) is 8.04. The van der Waals surface area contributed by atoms with Crippen molar-refractivity contribution in [1.82, 2.24) is 0 Å². The van der Waals surface area contributed by atoms with E-state index in [1.807, 2.05) is 6.07 Å². The van der Waals surface area contributed by atoms with Crippen molar-refractivity contribution in [2.24, 2.45) is 11.3 Å². The van der Waals surface area contributed by atoms with Gasteiger partial charge in [0.15, 0.2) is 0 Å². The van der Waals surface area contributed by atoms with Crippen LogP contribution in [0.1, 0.15) is 63.2 Å². The zero-order valence-electron chi connectivity index (χ0n) is 12.7. The third-order valence-electron chi connectivity index (χ3n) is 5.02. The molecule has 0 radical (unpaired) electrons. The van der Waals surface area contributed by atoms with Crippen molar-refractivity contribution in [2.75, 3.05) is 6.61 Å². The van der Waals surface area contributed by atoms with Crippen LogP contribution in [0.15, 0.2) is 18.2 Å². The van der Waals surface area contributed by atoms with Gasteiger partial charge in [-0.25, -0.2) is 0 Å². The quantitative estimate of drug-likeness (QED) is 0.889. The first-order chi connectivity index (χ1) is 9.61. The Morgan fingerprint density at radius 2 is 2.00 bits per heavy atom. The van der Waals surface area contributed by atoms with Crippen molar-refractivity contribution >= 4 is 0 Å². The predicted octanol–water partition coefficient (Wildman–Crippen LogP) is 4.26. The molecule has 110 valence electrons. The van der Waals surface area contributed by atoms with E-state index in [0.717, 1.165) is 30.8 Å². The second-order valence-corrected chi connectivity index (χ2v) is 7.04. The number of benzene rings is 1. The van der Waals surface area contributed by atoms with Crippen LogP contribution in [0.25, 0.3) is 0 Å². The van der Waals surface area contributed by atoms with E-state index in [1.54, 1.807) is 0 Å². The van der Waals surface area contributed by atoms with E-state index < -0.39 is 0 Å². The molecule has 1 N–H and O–H groups in total. The van der Waals surface area contributed by atoms with Crippen LogP contribution in [0.2, 0.25) is 0 Å². The number of aliphatic hydroxyl groups excluding tert-OH is 1. The second-order valence-electron chi connectivity index (χ2n) is 7.04. The van der Waals surface area contributed by atoms with Crippen molar-refractivity contribution in [3.63, 3.8) is 0 Å². The Balaban J connectivity index is 1.87. The fourth-order valence-corrected chi connectivity index (χ4v) is 4.21. The van der Waals surface area contributed by atoms with Crippen LogP contribution in [0.4, 0.5) is 0 Å². The van der Waals surface area contributed by atoms with E-state index in [-0.39, 0.29) is 11.5 Å². The largest absolute Gasteiger partial charge is 0.493 e. The molecule has 3 rings (SSSR count). The highest BCUT2D eigenvalue weighted by atomic mass is 16.5. The van der Waals surface area contributed by atoms with Crippen molar-refractivity contribution in [3.8, 4) is 5.75 Å². The van der Waals surface area contributed by atoms with E-state index >= 15 is 0 Å². The summed E-state index contributed by atoms with van der Waals surface area (Å²) in [6.07, 6.45) is 6.64. The average molecular weight is 274 g/mol. The molecule has 2 aliphatic rings. The van der Waals surface area contributed by atoms with E-state index in [2.05, 4.69) is 26.0 Å². The average Bonchev–Trinajstić information content (AvgIpc) is 3.05. The number of fused-ring (bicyclic) bond motifs is 1. The van der Waals surface area contributed by atoms with Gasteiger partial charge in [0.05, 0.1) is 12.7 Å². The van der Waals surface area contributed by atoms with Crippen molar-refractivity contribution < 1.29 is 9.84 Å². The number of ether oxygens (including phenoxy) is 1. The lowest BCUT2D eigenvalue weighted by molar-refractivity contribution is 0.0111. The molecule has 0 amide bonds. The molecular weight excluding hydrogens is 248 g/mol. The Morgan fingerprint density at radius 3 is 2.70 bits per heavy atom. The Hall–Kier alpha value is -1.02. The zero-order chi connectivity index (χ0) is 14.2. The zero-order valence-corrected chi connectivity index (χ0v) is 12.7. The SMILES string of the molecule is CC(C)CC1(C(O)c2ccc3c(c2)CCO3)CCCC1. The third kappa shape index (κ3) is 2.46. The lowest BCUT2D eigenvalue weighted by Gasteiger charge is -2.36. The maximum Gasteiger partial charge on any atom is 0.122 e. The van der Waals surface area contributed by atoms with Gasteiger partial charge in [0.1, 0.15) is 5.75 Å². The molecule has 0 bridgehead atoms. The van der Waals surface area contributed by atoms with Gasteiger partial charge < -0.3 is 9.84 Å². The number of hydrogen-bond acceptors (Lipinski definition) is 2. The highest BCUT2D eigenvalue weighted by molar-refractivity contribution is 5.41. The van der Waals surface area contributed by atoms with Crippen LogP contribution >= 0.6 is 0 Å². The maximum atomic E-state index is 11.0. The molecule has 1 heterocycles. The molecule has 1 aromatic carbocycles. The minimum absolute atomic E-state index is 0.0991. The van der Waals surface area contributed by atoms with E-state index in [4.69, 9.17) is 4.74 Å². The summed E-state index contributed by atoms with van der Waals surface area (Å²) in [4.78, 5) is 0. The third-order valence-corrected chi connectivity index (χ3v) is 5.02. The molecule has 1 aliphatic carbocycles. The molecule has 1 aromatic rings. The summed E-state index contributed by atoms with van der Waals surface area (Å²) in [6.45, 7) is 5.32. The normalized spacial score (nSPS) is 21.8. The van der Waals surface area contributed by atoms with E-state index in [0.29, 0.717) is 5.92 Å². The predicted molar refractivity (Wildman–Crippen MR) is 81.0 cm³/mol. The summed E-state index contributed by atoms with van der Waals surface area (Å²) in [5.41, 5.74) is 2.46. The smallest absolute Gasteiger partial charge is 0.122 e. The first kappa shape index (κ1) is 13.9. The summed E-state index contributed by atoms with van der Waals surface area (Å²) in [6, 6.07) is 6.28. The highest BCUT2D eigenvalue weighted by Gasteiger charge is 2.41. The van der Waals surface area contributed by atoms with Gasteiger partial charge in [0.2, 0.25) is 0 Å². The number of rotatable bonds is 4. The molecule has 2 nitrogen and oxygen atoms in total. The number of hydrogen-bond donors (Lipinski definition) is 1. The molecule has 1 atom stereocenters. The summed E-state index contributed by atoms with van der Waals surface area (Å²) >= 11 is 0. The molecule has 2 heteroatoms. The minimum Gasteiger partial charge on any atom is -0.493 e. The lowest BCUT2D eigenvalue weighted by atomic mass is 9.72. The van der Waals surface area contributed by atoms with Crippen LogP contribution in [0, 0.1) is 11.3 Å². The summed E-state index contributed by atoms with van der Waals surface area (Å²) in [5, 5.41) is 11.0. The molecule has 0 spiro atoms. The van der Waals surface area contributed by atoms with E-state index in [1.165, 1.54) is 31.2 Å². The molecule has 1 aliphatic heterocycles. The van der Waals surface area contributed by atoms with Crippen LogP contribution in [0.5, 0.6) is 5.75 Å². The topological polar surface area (TPSA) is 29.5 Å². The van der Waals surface area contributed by atoms with Gasteiger partial charge in [-0.15, -0.1) is 0 Å². The first-order valence-electron chi connectivity index (χ1n) is 8.04. The minimum atomic E-state index is -0.321. The van der Waals surface area contributed by atoms with Gasteiger partial charge in [0, 0.05) is 11.8 Å². The molecule has 1 fully saturated rings. The van der Waals surface area contributed by atoms with E-state index in [9.17, 15) is 5.11 Å². The summed E-state index contributed by atoms with van der Waals surface area (Å²) < 4.78 is 5.57. The Morgan fingerprint density at radius 1 is 1.25 bits per heavy atom. The van der Waals surface area contributed by atoms with Crippen LogP contribution in [0.3, 0.4) is 0 Å². The van der Waals surface area contributed by atoms with Crippen LogP contribution < -0.4 is 4.74 Å². The van der Waals surface area contributed by atoms with Crippen LogP contribution in [-0.2, 0) is 6.42 Å². The molecule has 20 heavy (non-hydrogen) atoms. The van der Waals surface area contributed by atoms with Gasteiger partial charge in [0.25, 0.3) is 0 Å². The summed E-state index contributed by atoms with van der Waals surface area (Å²) in [5.74, 6) is 1.64. The molecule has 1 unspecified atom stereocenters. The second kappa shape index (κ2) is 5.40.